The Hall–Kier alpha value is -1.42. The van der Waals surface area contributed by atoms with Crippen molar-refractivity contribution in [3.05, 3.63) is 30.1 Å². The fraction of sp³-hybridized carbons (Fsp3) is 0.538. The van der Waals surface area contributed by atoms with E-state index in [0.29, 0.717) is 12.2 Å². The van der Waals surface area contributed by atoms with E-state index in [2.05, 4.69) is 10.3 Å². The predicted molar refractivity (Wildman–Crippen MR) is 66.6 cm³/mol. The van der Waals surface area contributed by atoms with Gasteiger partial charge in [0, 0.05) is 12.7 Å². The molecule has 0 radical (unpaired) electrons. The molecule has 0 bridgehead atoms. The number of carbonyl (C=O) groups excluding carboxylic acids is 1. The van der Waals surface area contributed by atoms with Crippen LogP contribution in [0.4, 0.5) is 0 Å². The van der Waals surface area contributed by atoms with E-state index in [1.165, 1.54) is 6.42 Å². The Balaban J connectivity index is 2.06. The van der Waals surface area contributed by atoms with E-state index >= 15 is 0 Å². The largest absolute Gasteiger partial charge is 0.344 e. The molecular weight excluding hydrogens is 214 g/mol. The van der Waals surface area contributed by atoms with Gasteiger partial charge in [-0.3, -0.25) is 9.78 Å². The molecule has 92 valence electrons. The van der Waals surface area contributed by atoms with Crippen molar-refractivity contribution < 1.29 is 4.79 Å². The molecule has 1 heterocycles. The van der Waals surface area contributed by atoms with E-state index in [1.807, 2.05) is 6.07 Å². The summed E-state index contributed by atoms with van der Waals surface area (Å²) < 4.78 is 0. The Kier molecular flexibility index (Phi) is 3.74. The maximum Gasteiger partial charge on any atom is 0.270 e. The van der Waals surface area contributed by atoms with Crippen LogP contribution in [0.5, 0.6) is 0 Å². The summed E-state index contributed by atoms with van der Waals surface area (Å²) in [5.74, 6) is -0.113. The summed E-state index contributed by atoms with van der Waals surface area (Å²) >= 11 is 0. The van der Waals surface area contributed by atoms with Crippen molar-refractivity contribution in [3.63, 3.8) is 0 Å². The van der Waals surface area contributed by atoms with E-state index < -0.39 is 0 Å². The SMILES string of the molecule is NCC1(NC(=O)c2ccccn2)CCCCC1. The summed E-state index contributed by atoms with van der Waals surface area (Å²) in [5.41, 5.74) is 6.08. The Morgan fingerprint density at radius 3 is 2.71 bits per heavy atom. The first kappa shape index (κ1) is 12.0. The quantitative estimate of drug-likeness (QED) is 0.830. The number of carbonyl (C=O) groups is 1. The highest BCUT2D eigenvalue weighted by atomic mass is 16.2. The zero-order valence-corrected chi connectivity index (χ0v) is 9.98. The summed E-state index contributed by atoms with van der Waals surface area (Å²) in [6.07, 6.45) is 7.09. The minimum Gasteiger partial charge on any atom is -0.344 e. The molecule has 4 heteroatoms. The number of hydrogen-bond acceptors (Lipinski definition) is 3. The van der Waals surface area contributed by atoms with Gasteiger partial charge >= 0.3 is 0 Å². The maximum absolute atomic E-state index is 12.0. The standard InChI is InChI=1S/C13H19N3O/c14-10-13(7-3-1-4-8-13)16-12(17)11-6-2-5-9-15-11/h2,5-6,9H,1,3-4,7-8,10,14H2,(H,16,17). The minimum absolute atomic E-state index is 0.113. The minimum atomic E-state index is -0.215. The van der Waals surface area contributed by atoms with Gasteiger partial charge in [0.15, 0.2) is 0 Å². The molecule has 0 atom stereocenters. The van der Waals surface area contributed by atoms with Crippen molar-refractivity contribution in [1.82, 2.24) is 10.3 Å². The van der Waals surface area contributed by atoms with Crippen LogP contribution in [0.25, 0.3) is 0 Å². The second-order valence-corrected chi connectivity index (χ2v) is 4.71. The molecule has 1 aromatic rings. The van der Waals surface area contributed by atoms with Gasteiger partial charge in [-0.2, -0.15) is 0 Å². The van der Waals surface area contributed by atoms with Crippen LogP contribution in [0.2, 0.25) is 0 Å². The topological polar surface area (TPSA) is 68.0 Å². The normalized spacial score (nSPS) is 18.6. The number of amides is 1. The predicted octanol–water partition coefficient (Wildman–Crippen LogP) is 1.47. The van der Waals surface area contributed by atoms with Gasteiger partial charge in [-0.05, 0) is 25.0 Å². The lowest BCUT2D eigenvalue weighted by Gasteiger charge is -2.36. The van der Waals surface area contributed by atoms with Crippen LogP contribution in [0.1, 0.15) is 42.6 Å². The first-order chi connectivity index (χ1) is 8.26. The van der Waals surface area contributed by atoms with Crippen LogP contribution >= 0.6 is 0 Å². The molecule has 4 nitrogen and oxygen atoms in total. The van der Waals surface area contributed by atoms with Gasteiger partial charge in [-0.15, -0.1) is 0 Å². The van der Waals surface area contributed by atoms with E-state index in [4.69, 9.17) is 5.73 Å². The number of pyridine rings is 1. The zero-order valence-electron chi connectivity index (χ0n) is 9.98. The molecule has 1 fully saturated rings. The molecule has 0 aliphatic heterocycles. The summed E-state index contributed by atoms with van der Waals surface area (Å²) in [4.78, 5) is 16.1. The first-order valence-electron chi connectivity index (χ1n) is 6.19. The van der Waals surface area contributed by atoms with Gasteiger partial charge in [0.2, 0.25) is 0 Å². The average molecular weight is 233 g/mol. The number of nitrogens with one attached hydrogen (secondary N) is 1. The van der Waals surface area contributed by atoms with E-state index in [9.17, 15) is 4.79 Å². The molecule has 1 saturated carbocycles. The second-order valence-electron chi connectivity index (χ2n) is 4.71. The lowest BCUT2D eigenvalue weighted by atomic mass is 9.81. The van der Waals surface area contributed by atoms with Crippen molar-refractivity contribution in [1.29, 1.82) is 0 Å². The number of hydrogen-bond donors (Lipinski definition) is 2. The highest BCUT2D eigenvalue weighted by molar-refractivity contribution is 5.92. The molecule has 1 aliphatic carbocycles. The van der Waals surface area contributed by atoms with E-state index in [0.717, 1.165) is 25.7 Å². The number of nitrogens with two attached hydrogens (primary N) is 1. The van der Waals surface area contributed by atoms with Crippen molar-refractivity contribution in [2.45, 2.75) is 37.6 Å². The molecule has 17 heavy (non-hydrogen) atoms. The Bertz CT molecular complexity index is 372. The summed E-state index contributed by atoms with van der Waals surface area (Å²) in [6, 6.07) is 5.34. The van der Waals surface area contributed by atoms with Crippen molar-refractivity contribution in [2.75, 3.05) is 6.54 Å². The van der Waals surface area contributed by atoms with E-state index in [1.54, 1.807) is 18.3 Å². The number of nitrogens with zero attached hydrogens (tertiary/aromatic N) is 1. The lowest BCUT2D eigenvalue weighted by Crippen LogP contribution is -2.54. The van der Waals surface area contributed by atoms with Gasteiger partial charge in [-0.25, -0.2) is 0 Å². The maximum atomic E-state index is 12.0. The summed E-state index contributed by atoms with van der Waals surface area (Å²) in [7, 11) is 0. The molecule has 0 aromatic carbocycles. The third-order valence-corrected chi connectivity index (χ3v) is 3.48. The van der Waals surface area contributed by atoms with Gasteiger partial charge in [-0.1, -0.05) is 25.3 Å². The smallest absolute Gasteiger partial charge is 0.270 e. The molecule has 1 amide bonds. The van der Waals surface area contributed by atoms with Crippen LogP contribution in [0, 0.1) is 0 Å². The molecule has 0 unspecified atom stereocenters. The molecule has 1 aromatic heterocycles. The van der Waals surface area contributed by atoms with Crippen LogP contribution in [-0.4, -0.2) is 23.0 Å². The molecule has 2 rings (SSSR count). The number of aromatic nitrogens is 1. The molecule has 3 N–H and O–H groups in total. The Labute approximate surface area is 102 Å². The van der Waals surface area contributed by atoms with E-state index in [-0.39, 0.29) is 11.4 Å². The average Bonchev–Trinajstić information content (AvgIpc) is 2.41. The zero-order chi connectivity index (χ0) is 12.1. The van der Waals surface area contributed by atoms with Gasteiger partial charge in [0.05, 0.1) is 5.54 Å². The molecule has 0 saturated heterocycles. The van der Waals surface area contributed by atoms with Gasteiger partial charge < -0.3 is 11.1 Å². The third kappa shape index (κ3) is 2.82. The molecule has 1 aliphatic rings. The summed E-state index contributed by atoms with van der Waals surface area (Å²) in [6.45, 7) is 0.506. The van der Waals surface area contributed by atoms with Crippen molar-refractivity contribution >= 4 is 5.91 Å². The highest BCUT2D eigenvalue weighted by Gasteiger charge is 2.32. The monoisotopic (exact) mass is 233 g/mol. The summed E-state index contributed by atoms with van der Waals surface area (Å²) in [5, 5.41) is 3.07. The Morgan fingerprint density at radius 2 is 2.12 bits per heavy atom. The third-order valence-electron chi connectivity index (χ3n) is 3.48. The highest BCUT2D eigenvalue weighted by Crippen LogP contribution is 2.27. The fourth-order valence-corrected chi connectivity index (χ4v) is 2.41. The molecular formula is C13H19N3O. The molecule has 0 spiro atoms. The van der Waals surface area contributed by atoms with Gasteiger partial charge in [0.25, 0.3) is 5.91 Å². The van der Waals surface area contributed by atoms with Crippen molar-refractivity contribution in [3.8, 4) is 0 Å². The van der Waals surface area contributed by atoms with Crippen LogP contribution < -0.4 is 11.1 Å². The van der Waals surface area contributed by atoms with Gasteiger partial charge in [0.1, 0.15) is 5.69 Å². The van der Waals surface area contributed by atoms with Crippen LogP contribution in [-0.2, 0) is 0 Å². The van der Waals surface area contributed by atoms with Crippen LogP contribution in [0.15, 0.2) is 24.4 Å². The lowest BCUT2D eigenvalue weighted by molar-refractivity contribution is 0.0869. The Morgan fingerprint density at radius 1 is 1.35 bits per heavy atom. The number of rotatable bonds is 3. The van der Waals surface area contributed by atoms with Crippen LogP contribution in [0.3, 0.4) is 0 Å². The van der Waals surface area contributed by atoms with Crippen molar-refractivity contribution in [2.24, 2.45) is 5.73 Å². The second kappa shape index (κ2) is 5.27. The first-order valence-corrected chi connectivity index (χ1v) is 6.19. The fourth-order valence-electron chi connectivity index (χ4n) is 2.41.